The molecule has 1 saturated heterocycles. The fourth-order valence-electron chi connectivity index (χ4n) is 4.20. The van der Waals surface area contributed by atoms with Gasteiger partial charge in [-0.3, -0.25) is 4.79 Å². The normalized spacial score (nSPS) is 16.4. The Balaban J connectivity index is 1.25. The molecule has 4 aromatic rings. The Hall–Kier alpha value is -3.19. The lowest BCUT2D eigenvalue weighted by Gasteiger charge is -2.31. The summed E-state index contributed by atoms with van der Waals surface area (Å²) in [5, 5.41) is 8.81. The van der Waals surface area contributed by atoms with Gasteiger partial charge in [-0.15, -0.1) is 5.10 Å². The molecule has 2 aromatic carbocycles. The van der Waals surface area contributed by atoms with Crippen molar-refractivity contribution in [1.29, 1.82) is 0 Å². The number of benzene rings is 2. The number of aromatic nitrogens is 3. The van der Waals surface area contributed by atoms with E-state index in [-0.39, 0.29) is 11.8 Å². The molecule has 1 aliphatic heterocycles. The molecule has 0 saturated carbocycles. The predicted octanol–water partition coefficient (Wildman–Crippen LogP) is 4.61. The van der Waals surface area contributed by atoms with E-state index < -0.39 is 0 Å². The van der Waals surface area contributed by atoms with Crippen molar-refractivity contribution >= 4 is 27.3 Å². The van der Waals surface area contributed by atoms with Crippen LogP contribution in [-0.4, -0.2) is 33.6 Å². The lowest BCUT2D eigenvalue weighted by molar-refractivity contribution is -0.125. The number of fused-ring (bicyclic) bond motifs is 1. The maximum absolute atomic E-state index is 12.8. The summed E-state index contributed by atoms with van der Waals surface area (Å²) in [4.78, 5) is 20.7. The summed E-state index contributed by atoms with van der Waals surface area (Å²) in [7, 11) is 0. The number of anilines is 1. The third-order valence-corrected chi connectivity index (χ3v) is 6.98. The molecular weight excluding hydrogens is 418 g/mol. The van der Waals surface area contributed by atoms with Gasteiger partial charge in [-0.1, -0.05) is 71.0 Å². The highest BCUT2D eigenvalue weighted by Crippen LogP contribution is 2.30. The van der Waals surface area contributed by atoms with Crippen molar-refractivity contribution in [2.75, 3.05) is 18.0 Å². The summed E-state index contributed by atoms with van der Waals surface area (Å²) < 4.78 is 1.86. The highest BCUT2D eigenvalue weighted by Gasteiger charge is 2.27. The zero-order chi connectivity index (χ0) is 22.1. The summed E-state index contributed by atoms with van der Waals surface area (Å²) in [6.07, 6.45) is 3.88. The maximum atomic E-state index is 12.8. The molecule has 7 heteroatoms. The van der Waals surface area contributed by atoms with Gasteiger partial charge in [0.1, 0.15) is 0 Å². The molecule has 32 heavy (non-hydrogen) atoms. The molecule has 1 aliphatic rings. The van der Waals surface area contributed by atoms with Crippen molar-refractivity contribution in [2.45, 2.75) is 33.2 Å². The molecule has 0 aliphatic carbocycles. The largest absolute Gasteiger partial charge is 0.352 e. The molecule has 0 radical (unpaired) electrons. The number of imidazole rings is 1. The Kier molecular flexibility index (Phi) is 5.66. The number of hydrogen-bond donors (Lipinski definition) is 1. The van der Waals surface area contributed by atoms with Gasteiger partial charge in [0.05, 0.1) is 17.8 Å². The molecule has 0 unspecified atom stereocenters. The first-order valence-corrected chi connectivity index (χ1v) is 11.9. The summed E-state index contributed by atoms with van der Waals surface area (Å²) in [6.45, 7) is 6.34. The van der Waals surface area contributed by atoms with Gasteiger partial charge in [0, 0.05) is 25.2 Å². The number of hydrogen-bond acceptors (Lipinski definition) is 5. The first kappa shape index (κ1) is 20.7. The van der Waals surface area contributed by atoms with E-state index in [4.69, 9.17) is 10.1 Å². The third-order valence-electron chi connectivity index (χ3n) is 5.99. The number of carbonyl (C=O) groups is 1. The fraction of sp³-hybridized carbons (Fsp3) is 0.320. The number of nitrogens with one attached hydrogen (secondary N) is 1. The minimum absolute atomic E-state index is 0.0205. The van der Waals surface area contributed by atoms with Crippen LogP contribution in [0.5, 0.6) is 0 Å². The van der Waals surface area contributed by atoms with Crippen LogP contribution in [0.15, 0.2) is 54.7 Å². The van der Waals surface area contributed by atoms with E-state index in [0.29, 0.717) is 13.1 Å². The van der Waals surface area contributed by atoms with E-state index in [1.165, 1.54) is 11.1 Å². The monoisotopic (exact) mass is 445 g/mol. The molecule has 0 spiro atoms. The SMILES string of the molecule is Cc1ccc(-c2cn3nc(N4CCC[C@H](C(=O)NCc5cccc(C)c5)C4)sc3n2)cc1. The van der Waals surface area contributed by atoms with Crippen molar-refractivity contribution in [3.8, 4) is 11.3 Å². The van der Waals surface area contributed by atoms with Crippen LogP contribution in [0.1, 0.15) is 29.5 Å². The standard InChI is InChI=1S/C25H27N5OS/c1-17-8-10-20(11-9-17)22-16-30-24(27-22)32-25(28-30)29-12-4-7-21(15-29)23(31)26-14-19-6-3-5-18(2)13-19/h3,5-6,8-11,13,16,21H,4,7,12,14-15H2,1-2H3,(H,26,31)/t21-/m0/s1. The average Bonchev–Trinajstić information content (AvgIpc) is 3.38. The van der Waals surface area contributed by atoms with Crippen LogP contribution in [0, 0.1) is 19.8 Å². The average molecular weight is 446 g/mol. The number of amides is 1. The summed E-state index contributed by atoms with van der Waals surface area (Å²) >= 11 is 1.58. The molecule has 5 rings (SSSR count). The molecule has 164 valence electrons. The van der Waals surface area contributed by atoms with Crippen LogP contribution in [0.4, 0.5) is 5.13 Å². The van der Waals surface area contributed by atoms with Crippen LogP contribution >= 0.6 is 11.3 Å². The van der Waals surface area contributed by atoms with Crippen molar-refractivity contribution in [2.24, 2.45) is 5.92 Å². The van der Waals surface area contributed by atoms with Gasteiger partial charge < -0.3 is 10.2 Å². The molecule has 1 atom stereocenters. The highest BCUT2D eigenvalue weighted by atomic mass is 32.1. The second kappa shape index (κ2) is 8.74. The fourth-order valence-corrected chi connectivity index (χ4v) is 5.12. The van der Waals surface area contributed by atoms with E-state index in [9.17, 15) is 4.79 Å². The van der Waals surface area contributed by atoms with Gasteiger partial charge in [-0.05, 0) is 32.3 Å². The molecule has 1 N–H and O–H groups in total. The van der Waals surface area contributed by atoms with Crippen LogP contribution in [0.2, 0.25) is 0 Å². The maximum Gasteiger partial charge on any atom is 0.225 e. The molecule has 0 bridgehead atoms. The topological polar surface area (TPSA) is 62.5 Å². The smallest absolute Gasteiger partial charge is 0.225 e. The highest BCUT2D eigenvalue weighted by molar-refractivity contribution is 7.20. The van der Waals surface area contributed by atoms with Crippen molar-refractivity contribution in [3.63, 3.8) is 0 Å². The van der Waals surface area contributed by atoms with Crippen LogP contribution in [-0.2, 0) is 11.3 Å². The summed E-state index contributed by atoms with van der Waals surface area (Å²) in [5.41, 5.74) is 5.61. The van der Waals surface area contributed by atoms with E-state index in [1.807, 2.05) is 16.8 Å². The van der Waals surface area contributed by atoms with Crippen LogP contribution < -0.4 is 10.2 Å². The molecule has 1 fully saturated rings. The Bertz CT molecular complexity index is 1210. The second-order valence-corrected chi connectivity index (χ2v) is 9.53. The van der Waals surface area contributed by atoms with Gasteiger partial charge >= 0.3 is 0 Å². The van der Waals surface area contributed by atoms with Gasteiger partial charge in [-0.2, -0.15) is 0 Å². The lowest BCUT2D eigenvalue weighted by atomic mass is 9.97. The first-order valence-electron chi connectivity index (χ1n) is 11.1. The van der Waals surface area contributed by atoms with Crippen molar-refractivity contribution < 1.29 is 4.79 Å². The zero-order valence-corrected chi connectivity index (χ0v) is 19.2. The Morgan fingerprint density at radius 1 is 1.16 bits per heavy atom. The third kappa shape index (κ3) is 4.39. The number of carbonyl (C=O) groups excluding carboxylic acids is 1. The van der Waals surface area contributed by atoms with Gasteiger partial charge in [0.25, 0.3) is 0 Å². The van der Waals surface area contributed by atoms with Crippen LogP contribution in [0.3, 0.4) is 0 Å². The van der Waals surface area contributed by atoms with Crippen molar-refractivity contribution in [3.05, 3.63) is 71.4 Å². The minimum atomic E-state index is -0.0205. The zero-order valence-electron chi connectivity index (χ0n) is 18.4. The van der Waals surface area contributed by atoms with Gasteiger partial charge in [0.15, 0.2) is 0 Å². The minimum Gasteiger partial charge on any atom is -0.352 e. The molecular formula is C25H27N5OS. The van der Waals surface area contributed by atoms with E-state index in [0.717, 1.165) is 46.3 Å². The summed E-state index contributed by atoms with van der Waals surface area (Å²) in [5.74, 6) is 0.104. The van der Waals surface area contributed by atoms with Crippen LogP contribution in [0.25, 0.3) is 16.2 Å². The number of nitrogens with zero attached hydrogens (tertiary/aromatic N) is 4. The molecule has 3 heterocycles. The second-order valence-electron chi connectivity index (χ2n) is 8.60. The summed E-state index contributed by atoms with van der Waals surface area (Å²) in [6, 6.07) is 16.6. The number of piperidine rings is 1. The molecule has 1 amide bonds. The number of aryl methyl sites for hydroxylation is 2. The first-order chi connectivity index (χ1) is 15.5. The number of rotatable bonds is 5. The Morgan fingerprint density at radius 2 is 2.00 bits per heavy atom. The Labute approximate surface area is 191 Å². The molecule has 6 nitrogen and oxygen atoms in total. The Morgan fingerprint density at radius 3 is 2.78 bits per heavy atom. The lowest BCUT2D eigenvalue weighted by Crippen LogP contribution is -2.43. The van der Waals surface area contributed by atoms with Crippen molar-refractivity contribution in [1.82, 2.24) is 19.9 Å². The quantitative estimate of drug-likeness (QED) is 0.487. The van der Waals surface area contributed by atoms with E-state index in [1.54, 1.807) is 11.3 Å². The van der Waals surface area contributed by atoms with E-state index in [2.05, 4.69) is 66.5 Å². The molecule has 2 aromatic heterocycles. The van der Waals surface area contributed by atoms with Gasteiger partial charge in [-0.25, -0.2) is 9.50 Å². The van der Waals surface area contributed by atoms with E-state index >= 15 is 0 Å². The van der Waals surface area contributed by atoms with Gasteiger partial charge in [0.2, 0.25) is 16.0 Å². The predicted molar refractivity (Wildman–Crippen MR) is 129 cm³/mol.